The van der Waals surface area contributed by atoms with Gasteiger partial charge in [0, 0.05) is 12.1 Å². The van der Waals surface area contributed by atoms with E-state index in [-0.39, 0.29) is 22.4 Å². The molecule has 0 spiro atoms. The molecule has 2 rings (SSSR count). The van der Waals surface area contributed by atoms with E-state index < -0.39 is 7.60 Å². The Morgan fingerprint density at radius 2 is 1.48 bits per heavy atom. The average molecular weight is 310 g/mol. The summed E-state index contributed by atoms with van der Waals surface area (Å²) in [6.07, 6.45) is 0. The van der Waals surface area contributed by atoms with E-state index in [2.05, 4.69) is 0 Å². The molecular weight excluding hydrogens is 295 g/mol. The summed E-state index contributed by atoms with van der Waals surface area (Å²) in [5.74, 6) is 0.478. The number of anilines is 4. The Bertz CT molecular complexity index is 744. The van der Waals surface area contributed by atoms with Gasteiger partial charge in [-0.1, -0.05) is 0 Å². The predicted molar refractivity (Wildman–Crippen MR) is 82.3 cm³/mol. The van der Waals surface area contributed by atoms with E-state index >= 15 is 0 Å². The molecule has 0 aliphatic rings. The minimum absolute atomic E-state index is 0.00856. The molecule has 0 saturated carbocycles. The van der Waals surface area contributed by atoms with Gasteiger partial charge in [-0.2, -0.15) is 0 Å². The van der Waals surface area contributed by atoms with Crippen molar-refractivity contribution < 1.29 is 19.1 Å². The van der Waals surface area contributed by atoms with Gasteiger partial charge in [0.15, 0.2) is 0 Å². The Morgan fingerprint density at radius 1 is 0.857 bits per heavy atom. The fourth-order valence-electron chi connectivity index (χ4n) is 1.69. The van der Waals surface area contributed by atoms with E-state index in [4.69, 9.17) is 27.7 Å². The van der Waals surface area contributed by atoms with Crippen molar-refractivity contribution in [2.75, 3.05) is 22.9 Å². The van der Waals surface area contributed by atoms with Crippen molar-refractivity contribution in [2.45, 2.75) is 0 Å². The number of nitrogens with two attached hydrogens (primary N) is 4. The summed E-state index contributed by atoms with van der Waals surface area (Å²) < 4.78 is 16.8. The highest BCUT2D eigenvalue weighted by molar-refractivity contribution is 7.60. The van der Waals surface area contributed by atoms with Crippen LogP contribution in [0.15, 0.2) is 30.3 Å². The highest BCUT2D eigenvalue weighted by Crippen LogP contribution is 2.40. The quantitative estimate of drug-likeness (QED) is 0.353. The predicted octanol–water partition coefficient (Wildman–Crippen LogP) is 0.611. The van der Waals surface area contributed by atoms with Crippen molar-refractivity contribution >= 4 is 35.6 Å². The van der Waals surface area contributed by atoms with E-state index in [1.165, 1.54) is 12.1 Å². The van der Waals surface area contributed by atoms with Crippen LogP contribution in [-0.4, -0.2) is 9.79 Å². The lowest BCUT2D eigenvalue weighted by Gasteiger charge is -2.13. The Kier molecular flexibility index (Phi) is 3.69. The molecule has 0 amide bonds. The van der Waals surface area contributed by atoms with Crippen LogP contribution < -0.4 is 33.0 Å². The molecule has 2 aromatic rings. The van der Waals surface area contributed by atoms with Gasteiger partial charge in [0.2, 0.25) is 0 Å². The van der Waals surface area contributed by atoms with Gasteiger partial charge in [-0.15, -0.1) is 0 Å². The Balaban J connectivity index is 2.43. The molecule has 10 N–H and O–H groups in total. The minimum Gasteiger partial charge on any atom is -0.457 e. The molecule has 2 aromatic carbocycles. The summed E-state index contributed by atoms with van der Waals surface area (Å²) >= 11 is 0. The summed E-state index contributed by atoms with van der Waals surface area (Å²) in [7, 11) is -4.56. The number of hydrogen-bond donors (Lipinski definition) is 6. The number of hydrogen-bond acceptors (Lipinski definition) is 6. The highest BCUT2D eigenvalue weighted by Gasteiger charge is 2.23. The first-order valence-corrected chi connectivity index (χ1v) is 7.37. The van der Waals surface area contributed by atoms with Crippen molar-refractivity contribution in [3.63, 3.8) is 0 Å². The van der Waals surface area contributed by atoms with Gasteiger partial charge in [-0.05, 0) is 18.2 Å². The second-order valence-corrected chi connectivity index (χ2v) is 5.95. The highest BCUT2D eigenvalue weighted by atomic mass is 31.2. The van der Waals surface area contributed by atoms with Gasteiger partial charge in [-0.25, -0.2) is 0 Å². The molecule has 0 fully saturated rings. The topological polar surface area (TPSA) is 171 Å². The Morgan fingerprint density at radius 3 is 2.05 bits per heavy atom. The first kappa shape index (κ1) is 15.0. The van der Waals surface area contributed by atoms with Crippen molar-refractivity contribution in [3.05, 3.63) is 30.3 Å². The number of rotatable bonds is 3. The first-order valence-electron chi connectivity index (χ1n) is 5.76. The zero-order valence-electron chi connectivity index (χ0n) is 10.9. The monoisotopic (exact) mass is 310 g/mol. The van der Waals surface area contributed by atoms with Crippen LogP contribution in [0.1, 0.15) is 0 Å². The smallest absolute Gasteiger partial charge is 0.358 e. The van der Waals surface area contributed by atoms with Crippen molar-refractivity contribution in [3.8, 4) is 11.5 Å². The second kappa shape index (κ2) is 5.17. The summed E-state index contributed by atoms with van der Waals surface area (Å²) in [6, 6.07) is 7.10. The molecule has 8 nitrogen and oxygen atoms in total. The first-order chi connectivity index (χ1) is 9.68. The maximum absolute atomic E-state index is 11.4. The van der Waals surface area contributed by atoms with Gasteiger partial charge in [0.1, 0.15) is 11.5 Å². The zero-order valence-corrected chi connectivity index (χ0v) is 11.7. The molecule has 0 bridgehead atoms. The average Bonchev–Trinajstić information content (AvgIpc) is 2.36. The molecule has 9 heteroatoms. The third kappa shape index (κ3) is 3.19. The lowest BCUT2D eigenvalue weighted by molar-refractivity contribution is 0.387. The fourth-order valence-corrected chi connectivity index (χ4v) is 2.42. The maximum Gasteiger partial charge on any atom is 0.358 e. The van der Waals surface area contributed by atoms with Crippen LogP contribution >= 0.6 is 7.60 Å². The minimum atomic E-state index is -4.56. The summed E-state index contributed by atoms with van der Waals surface area (Å²) in [6.45, 7) is 0. The van der Waals surface area contributed by atoms with E-state index in [1.54, 1.807) is 12.1 Å². The number of benzene rings is 2. The molecule has 0 saturated heterocycles. The van der Waals surface area contributed by atoms with Crippen LogP contribution in [0.5, 0.6) is 11.5 Å². The summed E-state index contributed by atoms with van der Waals surface area (Å²) in [5, 5.41) is -0.388. The van der Waals surface area contributed by atoms with Crippen LogP contribution in [0.2, 0.25) is 0 Å². The standard InChI is InChI=1S/C12H15N4O4P/c13-8-2-1-6(3-9(8)14)20-7-4-10(15)12(16)11(5-7)21(17,18)19/h1-5H,13-16H2,(H2,17,18,19). The summed E-state index contributed by atoms with van der Waals surface area (Å²) in [5.41, 5.74) is 23.0. The number of ether oxygens (including phenoxy) is 1. The molecule has 0 aromatic heterocycles. The lowest BCUT2D eigenvalue weighted by Crippen LogP contribution is -2.13. The van der Waals surface area contributed by atoms with Crippen molar-refractivity contribution in [1.29, 1.82) is 0 Å². The number of nitrogen functional groups attached to an aromatic ring is 4. The molecule has 0 unspecified atom stereocenters. The molecule has 112 valence electrons. The molecule has 0 aliphatic carbocycles. The Labute approximate surface area is 120 Å². The van der Waals surface area contributed by atoms with E-state index in [0.29, 0.717) is 17.1 Å². The van der Waals surface area contributed by atoms with Gasteiger partial charge in [0.25, 0.3) is 0 Å². The molecule has 0 aliphatic heterocycles. The zero-order chi connectivity index (χ0) is 15.8. The van der Waals surface area contributed by atoms with Crippen LogP contribution in [0.3, 0.4) is 0 Å². The van der Waals surface area contributed by atoms with E-state index in [9.17, 15) is 14.4 Å². The van der Waals surface area contributed by atoms with Crippen molar-refractivity contribution in [2.24, 2.45) is 0 Å². The SMILES string of the molecule is Nc1ccc(Oc2cc(N)c(N)c(P(=O)(O)O)c2)cc1N. The fraction of sp³-hybridized carbons (Fsp3) is 0. The maximum atomic E-state index is 11.4. The third-order valence-corrected chi connectivity index (χ3v) is 3.77. The van der Waals surface area contributed by atoms with Crippen LogP contribution in [0.4, 0.5) is 22.7 Å². The van der Waals surface area contributed by atoms with E-state index in [1.807, 2.05) is 0 Å². The molecular formula is C12H15N4O4P. The second-order valence-electron chi connectivity index (χ2n) is 4.38. The lowest BCUT2D eigenvalue weighted by atomic mass is 10.2. The van der Waals surface area contributed by atoms with Crippen LogP contribution in [-0.2, 0) is 4.57 Å². The van der Waals surface area contributed by atoms with Gasteiger partial charge < -0.3 is 37.5 Å². The van der Waals surface area contributed by atoms with Crippen LogP contribution in [0.25, 0.3) is 0 Å². The van der Waals surface area contributed by atoms with Crippen molar-refractivity contribution in [1.82, 2.24) is 0 Å². The molecule has 0 radical (unpaired) electrons. The molecule has 0 heterocycles. The normalized spacial score (nSPS) is 11.3. The van der Waals surface area contributed by atoms with Crippen LogP contribution in [0, 0.1) is 0 Å². The molecule has 21 heavy (non-hydrogen) atoms. The van der Waals surface area contributed by atoms with E-state index in [0.717, 1.165) is 6.07 Å². The molecule has 0 atom stereocenters. The third-order valence-electron chi connectivity index (χ3n) is 2.77. The Hall–Kier alpha value is -2.41. The van der Waals surface area contributed by atoms with Gasteiger partial charge >= 0.3 is 7.60 Å². The summed E-state index contributed by atoms with van der Waals surface area (Å²) in [4.78, 5) is 18.5. The largest absolute Gasteiger partial charge is 0.457 e. The van der Waals surface area contributed by atoms with Gasteiger partial charge in [-0.3, -0.25) is 4.57 Å². The van der Waals surface area contributed by atoms with Gasteiger partial charge in [0.05, 0.1) is 28.1 Å².